The van der Waals surface area contributed by atoms with E-state index in [4.69, 9.17) is 0 Å². The van der Waals surface area contributed by atoms with E-state index in [-0.39, 0.29) is 11.6 Å². The van der Waals surface area contributed by atoms with E-state index in [0.717, 1.165) is 26.2 Å². The highest BCUT2D eigenvalue weighted by Gasteiger charge is 2.24. The molecule has 1 saturated heterocycles. The third-order valence-electron chi connectivity index (χ3n) is 3.07. The SMILES string of the molecule is CN1CCN(NC(=O)N(C)C(C)(C)C)CC1. The normalized spacial score (nSPS) is 19.6. The molecule has 5 heteroatoms. The van der Waals surface area contributed by atoms with Crippen LogP contribution in [0.3, 0.4) is 0 Å². The summed E-state index contributed by atoms with van der Waals surface area (Å²) in [6, 6.07) is -0.0305. The second-order valence-corrected chi connectivity index (χ2v) is 5.44. The molecule has 0 bridgehead atoms. The van der Waals surface area contributed by atoms with Gasteiger partial charge in [-0.25, -0.2) is 9.80 Å². The van der Waals surface area contributed by atoms with Gasteiger partial charge in [0.25, 0.3) is 0 Å². The summed E-state index contributed by atoms with van der Waals surface area (Å²) in [6.45, 7) is 9.85. The highest BCUT2D eigenvalue weighted by molar-refractivity contribution is 5.74. The average molecular weight is 228 g/mol. The monoisotopic (exact) mass is 228 g/mol. The van der Waals surface area contributed by atoms with E-state index in [9.17, 15) is 4.79 Å². The number of urea groups is 1. The maximum absolute atomic E-state index is 11.9. The first kappa shape index (κ1) is 13.3. The molecule has 1 aliphatic heterocycles. The molecule has 0 aromatic rings. The lowest BCUT2D eigenvalue weighted by Crippen LogP contribution is -2.57. The topological polar surface area (TPSA) is 38.8 Å². The minimum atomic E-state index is -0.142. The van der Waals surface area contributed by atoms with Crippen molar-refractivity contribution < 1.29 is 4.79 Å². The van der Waals surface area contributed by atoms with Crippen molar-refractivity contribution in [2.75, 3.05) is 40.3 Å². The lowest BCUT2D eigenvalue weighted by Gasteiger charge is -2.37. The molecule has 0 aromatic heterocycles. The summed E-state index contributed by atoms with van der Waals surface area (Å²) in [6.07, 6.45) is 0. The maximum Gasteiger partial charge on any atom is 0.332 e. The molecular weight excluding hydrogens is 204 g/mol. The summed E-state index contributed by atoms with van der Waals surface area (Å²) in [7, 11) is 3.92. The first-order valence-electron chi connectivity index (χ1n) is 5.78. The molecule has 1 heterocycles. The summed E-state index contributed by atoms with van der Waals surface area (Å²) in [5, 5.41) is 1.99. The van der Waals surface area contributed by atoms with Crippen LogP contribution in [0, 0.1) is 0 Å². The van der Waals surface area contributed by atoms with Crippen molar-refractivity contribution in [3.63, 3.8) is 0 Å². The van der Waals surface area contributed by atoms with Crippen LogP contribution in [-0.4, -0.2) is 66.7 Å². The number of amides is 2. The van der Waals surface area contributed by atoms with Gasteiger partial charge in [0, 0.05) is 38.8 Å². The van der Waals surface area contributed by atoms with Crippen LogP contribution in [0.4, 0.5) is 4.79 Å². The van der Waals surface area contributed by atoms with Gasteiger partial charge in [0.1, 0.15) is 0 Å². The number of nitrogens with one attached hydrogen (secondary N) is 1. The number of piperazine rings is 1. The molecule has 0 radical (unpaired) electrons. The number of nitrogens with zero attached hydrogens (tertiary/aromatic N) is 3. The Labute approximate surface area is 98.3 Å². The Morgan fingerprint density at radius 3 is 2.12 bits per heavy atom. The van der Waals surface area contributed by atoms with Crippen molar-refractivity contribution in [3.8, 4) is 0 Å². The van der Waals surface area contributed by atoms with Gasteiger partial charge in [-0.3, -0.25) is 5.43 Å². The van der Waals surface area contributed by atoms with Crippen LogP contribution in [0.15, 0.2) is 0 Å². The number of carbonyl (C=O) groups is 1. The number of hydrazine groups is 1. The predicted octanol–water partition coefficient (Wildman–Crippen LogP) is 0.589. The van der Waals surface area contributed by atoms with Crippen LogP contribution < -0.4 is 5.43 Å². The van der Waals surface area contributed by atoms with Crippen molar-refractivity contribution in [3.05, 3.63) is 0 Å². The number of rotatable bonds is 1. The lowest BCUT2D eigenvalue weighted by molar-refractivity contribution is 0.0899. The number of hydrogen-bond acceptors (Lipinski definition) is 3. The Bertz CT molecular complexity index is 241. The van der Waals surface area contributed by atoms with Crippen molar-refractivity contribution in [2.24, 2.45) is 0 Å². The van der Waals surface area contributed by atoms with E-state index in [1.54, 1.807) is 4.90 Å². The fourth-order valence-electron chi connectivity index (χ4n) is 1.43. The Morgan fingerprint density at radius 2 is 1.69 bits per heavy atom. The molecule has 0 aromatic carbocycles. The molecule has 0 atom stereocenters. The third kappa shape index (κ3) is 3.64. The van der Waals surface area contributed by atoms with Gasteiger partial charge in [0.05, 0.1) is 0 Å². The molecule has 16 heavy (non-hydrogen) atoms. The van der Waals surface area contributed by atoms with Gasteiger partial charge < -0.3 is 9.80 Å². The van der Waals surface area contributed by atoms with E-state index in [1.807, 2.05) is 32.8 Å². The zero-order valence-corrected chi connectivity index (χ0v) is 11.1. The quantitative estimate of drug-likeness (QED) is 0.714. The van der Waals surface area contributed by atoms with Crippen LogP contribution in [0.2, 0.25) is 0 Å². The zero-order valence-electron chi connectivity index (χ0n) is 11.1. The Morgan fingerprint density at radius 1 is 1.19 bits per heavy atom. The van der Waals surface area contributed by atoms with Crippen LogP contribution in [0.1, 0.15) is 20.8 Å². The van der Waals surface area contributed by atoms with E-state index in [1.165, 1.54) is 0 Å². The van der Waals surface area contributed by atoms with Gasteiger partial charge in [-0.1, -0.05) is 0 Å². The van der Waals surface area contributed by atoms with Gasteiger partial charge in [-0.05, 0) is 27.8 Å². The second-order valence-electron chi connectivity index (χ2n) is 5.44. The van der Waals surface area contributed by atoms with Gasteiger partial charge in [0.15, 0.2) is 0 Å². The highest BCUT2D eigenvalue weighted by Crippen LogP contribution is 2.10. The molecule has 0 aliphatic carbocycles. The fourth-order valence-corrected chi connectivity index (χ4v) is 1.43. The van der Waals surface area contributed by atoms with Crippen LogP contribution in [0.5, 0.6) is 0 Å². The van der Waals surface area contributed by atoms with Crippen LogP contribution in [-0.2, 0) is 0 Å². The molecule has 0 spiro atoms. The molecule has 2 amide bonds. The average Bonchev–Trinajstić information content (AvgIpc) is 2.19. The van der Waals surface area contributed by atoms with E-state index in [2.05, 4.69) is 17.4 Å². The summed E-state index contributed by atoms with van der Waals surface area (Å²) < 4.78 is 0. The molecular formula is C11H24N4O. The van der Waals surface area contributed by atoms with Crippen LogP contribution in [0.25, 0.3) is 0 Å². The first-order valence-corrected chi connectivity index (χ1v) is 5.78. The van der Waals surface area contributed by atoms with Crippen molar-refractivity contribution >= 4 is 6.03 Å². The maximum atomic E-state index is 11.9. The van der Waals surface area contributed by atoms with Gasteiger partial charge in [-0.2, -0.15) is 0 Å². The molecule has 1 fully saturated rings. The third-order valence-corrected chi connectivity index (χ3v) is 3.07. The number of carbonyl (C=O) groups excluding carboxylic acids is 1. The largest absolute Gasteiger partial charge is 0.332 e. The highest BCUT2D eigenvalue weighted by atomic mass is 16.2. The van der Waals surface area contributed by atoms with Crippen molar-refractivity contribution in [1.82, 2.24) is 20.2 Å². The summed E-state index contributed by atoms with van der Waals surface area (Å²) >= 11 is 0. The second kappa shape index (κ2) is 5.01. The first-order chi connectivity index (χ1) is 7.30. The minimum absolute atomic E-state index is 0.0305. The number of hydrogen-bond donors (Lipinski definition) is 1. The number of likely N-dealkylation sites (N-methyl/N-ethyl adjacent to an activating group) is 1. The molecule has 0 saturated carbocycles. The van der Waals surface area contributed by atoms with Crippen LogP contribution >= 0.6 is 0 Å². The molecule has 94 valence electrons. The standard InChI is InChI=1S/C11H24N4O/c1-11(2,3)14(5)10(16)12-15-8-6-13(4)7-9-15/h6-9H2,1-5H3,(H,12,16). The summed E-state index contributed by atoms with van der Waals surface area (Å²) in [5.74, 6) is 0. The summed E-state index contributed by atoms with van der Waals surface area (Å²) in [5.41, 5.74) is 2.80. The van der Waals surface area contributed by atoms with Gasteiger partial charge in [0.2, 0.25) is 0 Å². The summed E-state index contributed by atoms with van der Waals surface area (Å²) in [4.78, 5) is 15.9. The van der Waals surface area contributed by atoms with Gasteiger partial charge >= 0.3 is 6.03 Å². The van der Waals surface area contributed by atoms with E-state index < -0.39 is 0 Å². The van der Waals surface area contributed by atoms with Crippen molar-refractivity contribution in [2.45, 2.75) is 26.3 Å². The molecule has 1 rings (SSSR count). The Hall–Kier alpha value is -0.810. The smallest absolute Gasteiger partial charge is 0.322 e. The Balaban J connectivity index is 2.40. The van der Waals surface area contributed by atoms with Gasteiger partial charge in [-0.15, -0.1) is 0 Å². The fraction of sp³-hybridized carbons (Fsp3) is 0.909. The van der Waals surface area contributed by atoms with E-state index >= 15 is 0 Å². The Kier molecular flexibility index (Phi) is 4.15. The minimum Gasteiger partial charge on any atom is -0.322 e. The predicted molar refractivity (Wildman–Crippen MR) is 65.1 cm³/mol. The molecule has 0 unspecified atom stereocenters. The van der Waals surface area contributed by atoms with E-state index in [0.29, 0.717) is 0 Å². The molecule has 1 N–H and O–H groups in total. The molecule has 5 nitrogen and oxygen atoms in total. The van der Waals surface area contributed by atoms with Crippen molar-refractivity contribution in [1.29, 1.82) is 0 Å². The zero-order chi connectivity index (χ0) is 12.3. The lowest BCUT2D eigenvalue weighted by atomic mass is 10.1. The molecule has 1 aliphatic rings.